The number of urea groups is 1. The maximum absolute atomic E-state index is 12.5. The Labute approximate surface area is 158 Å². The van der Waals surface area contributed by atoms with Crippen LogP contribution in [0, 0.1) is 0 Å². The van der Waals surface area contributed by atoms with E-state index in [0.717, 1.165) is 16.4 Å². The number of rotatable bonds is 5. The predicted molar refractivity (Wildman–Crippen MR) is 97.5 cm³/mol. The molecule has 0 spiro atoms. The molecule has 3 rings (SSSR count). The summed E-state index contributed by atoms with van der Waals surface area (Å²) in [6.45, 7) is 4.09. The molecular weight excluding hydrogens is 350 g/mol. The number of methoxy groups -OCH3 is 1. The van der Waals surface area contributed by atoms with Crippen LogP contribution in [0.3, 0.4) is 0 Å². The quantitative estimate of drug-likeness (QED) is 0.786. The number of nitrogens with zero attached hydrogens (tertiary/aromatic N) is 2. The minimum Gasteiger partial charge on any atom is -0.497 e. The standard InChI is InChI=1S/C19H25N3O5/c1-19(2)17(24)22(18(25)20-19)12-16(23)21-10-8-15(9-11-21)27-14-6-4-13(26-3)5-7-14/h4-7,15H,8-12H2,1-3H3,(H,20,25). The molecule has 0 aliphatic carbocycles. The third-order valence-electron chi connectivity index (χ3n) is 4.89. The molecule has 2 aliphatic heterocycles. The van der Waals surface area contributed by atoms with Crippen LogP contribution in [0.4, 0.5) is 4.79 Å². The number of carbonyl (C=O) groups is 3. The van der Waals surface area contributed by atoms with Crippen molar-refractivity contribution in [3.63, 3.8) is 0 Å². The first-order valence-corrected chi connectivity index (χ1v) is 9.03. The van der Waals surface area contributed by atoms with E-state index in [1.54, 1.807) is 25.9 Å². The van der Waals surface area contributed by atoms with Gasteiger partial charge >= 0.3 is 6.03 Å². The Hall–Kier alpha value is -2.77. The summed E-state index contributed by atoms with van der Waals surface area (Å²) in [5, 5.41) is 2.58. The summed E-state index contributed by atoms with van der Waals surface area (Å²) in [6, 6.07) is 6.88. The van der Waals surface area contributed by atoms with Crippen molar-refractivity contribution in [1.29, 1.82) is 0 Å². The van der Waals surface area contributed by atoms with Gasteiger partial charge in [0, 0.05) is 25.9 Å². The summed E-state index contributed by atoms with van der Waals surface area (Å²) < 4.78 is 11.1. The van der Waals surface area contributed by atoms with Gasteiger partial charge in [-0.25, -0.2) is 4.79 Å². The molecule has 1 N–H and O–H groups in total. The van der Waals surface area contributed by atoms with Gasteiger partial charge < -0.3 is 19.7 Å². The zero-order valence-corrected chi connectivity index (χ0v) is 15.9. The molecule has 2 fully saturated rings. The highest BCUT2D eigenvalue weighted by Crippen LogP contribution is 2.22. The van der Waals surface area contributed by atoms with E-state index in [1.165, 1.54) is 0 Å². The van der Waals surface area contributed by atoms with Crippen molar-refractivity contribution in [1.82, 2.24) is 15.1 Å². The fourth-order valence-electron chi connectivity index (χ4n) is 3.27. The smallest absolute Gasteiger partial charge is 0.325 e. The minimum atomic E-state index is -0.962. The summed E-state index contributed by atoms with van der Waals surface area (Å²) >= 11 is 0. The number of hydrogen-bond donors (Lipinski definition) is 1. The van der Waals surface area contributed by atoms with Crippen LogP contribution in [0.1, 0.15) is 26.7 Å². The molecule has 2 aliphatic rings. The van der Waals surface area contributed by atoms with Crippen molar-refractivity contribution in [3.05, 3.63) is 24.3 Å². The molecule has 0 radical (unpaired) electrons. The highest BCUT2D eigenvalue weighted by molar-refractivity contribution is 6.08. The first-order valence-electron chi connectivity index (χ1n) is 9.03. The van der Waals surface area contributed by atoms with E-state index in [0.29, 0.717) is 25.9 Å². The Morgan fingerprint density at radius 2 is 1.74 bits per heavy atom. The second kappa shape index (κ2) is 7.46. The van der Waals surface area contributed by atoms with Crippen LogP contribution in [-0.4, -0.2) is 66.0 Å². The van der Waals surface area contributed by atoms with E-state index in [1.807, 2.05) is 24.3 Å². The molecule has 8 nitrogen and oxygen atoms in total. The number of nitrogens with one attached hydrogen (secondary N) is 1. The lowest BCUT2D eigenvalue weighted by atomic mass is 10.1. The summed E-state index contributed by atoms with van der Waals surface area (Å²) in [5.41, 5.74) is -0.962. The van der Waals surface area contributed by atoms with E-state index < -0.39 is 11.6 Å². The van der Waals surface area contributed by atoms with Gasteiger partial charge in [-0.05, 0) is 38.1 Å². The summed E-state index contributed by atoms with van der Waals surface area (Å²) in [7, 11) is 1.61. The molecule has 8 heteroatoms. The largest absolute Gasteiger partial charge is 0.497 e. The molecule has 0 atom stereocenters. The molecule has 0 saturated carbocycles. The van der Waals surface area contributed by atoms with Gasteiger partial charge in [-0.1, -0.05) is 0 Å². The van der Waals surface area contributed by atoms with Crippen LogP contribution in [0.2, 0.25) is 0 Å². The van der Waals surface area contributed by atoms with Gasteiger partial charge in [-0.15, -0.1) is 0 Å². The lowest BCUT2D eigenvalue weighted by Crippen LogP contribution is -2.48. The number of carbonyl (C=O) groups excluding carboxylic acids is 3. The van der Waals surface area contributed by atoms with E-state index in [-0.39, 0.29) is 24.5 Å². The Morgan fingerprint density at radius 3 is 2.26 bits per heavy atom. The highest BCUT2D eigenvalue weighted by atomic mass is 16.5. The van der Waals surface area contributed by atoms with Crippen molar-refractivity contribution in [2.45, 2.75) is 38.3 Å². The maximum Gasteiger partial charge on any atom is 0.325 e. The molecule has 1 aromatic carbocycles. The average Bonchev–Trinajstić information content (AvgIpc) is 2.84. The van der Waals surface area contributed by atoms with Gasteiger partial charge in [0.1, 0.15) is 29.7 Å². The van der Waals surface area contributed by atoms with Crippen LogP contribution in [-0.2, 0) is 9.59 Å². The molecule has 146 valence electrons. The molecule has 27 heavy (non-hydrogen) atoms. The van der Waals surface area contributed by atoms with Gasteiger partial charge in [0.2, 0.25) is 5.91 Å². The fraction of sp³-hybridized carbons (Fsp3) is 0.526. The SMILES string of the molecule is COc1ccc(OC2CCN(C(=O)CN3C(=O)NC(C)(C)C3=O)CC2)cc1. The number of imide groups is 1. The molecule has 2 saturated heterocycles. The van der Waals surface area contributed by atoms with E-state index in [2.05, 4.69) is 5.32 Å². The van der Waals surface area contributed by atoms with E-state index >= 15 is 0 Å². The van der Waals surface area contributed by atoms with Crippen LogP contribution in [0.25, 0.3) is 0 Å². The molecule has 4 amide bonds. The molecular formula is C19H25N3O5. The highest BCUT2D eigenvalue weighted by Gasteiger charge is 2.45. The van der Waals surface area contributed by atoms with Crippen molar-refractivity contribution in [3.8, 4) is 11.5 Å². The second-order valence-corrected chi connectivity index (χ2v) is 7.32. The zero-order valence-electron chi connectivity index (χ0n) is 15.9. The Kier molecular flexibility index (Phi) is 5.25. The lowest BCUT2D eigenvalue weighted by molar-refractivity contribution is -0.139. The number of hydrogen-bond acceptors (Lipinski definition) is 5. The van der Waals surface area contributed by atoms with Crippen LogP contribution >= 0.6 is 0 Å². The van der Waals surface area contributed by atoms with E-state index in [4.69, 9.17) is 9.47 Å². The summed E-state index contributed by atoms with van der Waals surface area (Å²) in [5.74, 6) is 0.936. The third-order valence-corrected chi connectivity index (χ3v) is 4.89. The molecule has 0 aromatic heterocycles. The molecule has 0 unspecified atom stereocenters. The Bertz CT molecular complexity index is 723. The van der Waals surface area contributed by atoms with Gasteiger partial charge in [-0.3, -0.25) is 14.5 Å². The Balaban J connectivity index is 1.49. The number of benzene rings is 1. The van der Waals surface area contributed by atoms with Crippen molar-refractivity contribution in [2.75, 3.05) is 26.7 Å². The number of piperidine rings is 1. The van der Waals surface area contributed by atoms with Crippen LogP contribution in [0.5, 0.6) is 11.5 Å². The minimum absolute atomic E-state index is 0.0260. The number of ether oxygens (including phenoxy) is 2. The van der Waals surface area contributed by atoms with Crippen LogP contribution in [0.15, 0.2) is 24.3 Å². The normalized spacial score (nSPS) is 19.8. The first kappa shape index (κ1) is 19.0. The van der Waals surface area contributed by atoms with Crippen molar-refractivity contribution in [2.24, 2.45) is 0 Å². The summed E-state index contributed by atoms with van der Waals surface area (Å²) in [4.78, 5) is 39.3. The van der Waals surface area contributed by atoms with Crippen molar-refractivity contribution < 1.29 is 23.9 Å². The average molecular weight is 375 g/mol. The van der Waals surface area contributed by atoms with Gasteiger partial charge in [0.15, 0.2) is 0 Å². The van der Waals surface area contributed by atoms with Gasteiger partial charge in [-0.2, -0.15) is 0 Å². The molecule has 0 bridgehead atoms. The lowest BCUT2D eigenvalue weighted by Gasteiger charge is -2.33. The fourth-order valence-corrected chi connectivity index (χ4v) is 3.27. The summed E-state index contributed by atoms with van der Waals surface area (Å²) in [6.07, 6.45) is 1.42. The maximum atomic E-state index is 12.5. The molecule has 2 heterocycles. The first-order chi connectivity index (χ1) is 12.8. The monoisotopic (exact) mass is 375 g/mol. The van der Waals surface area contributed by atoms with E-state index in [9.17, 15) is 14.4 Å². The Morgan fingerprint density at radius 1 is 1.15 bits per heavy atom. The van der Waals surface area contributed by atoms with Gasteiger partial charge in [0.05, 0.1) is 7.11 Å². The predicted octanol–water partition coefficient (Wildman–Crippen LogP) is 1.40. The van der Waals surface area contributed by atoms with Crippen LogP contribution < -0.4 is 14.8 Å². The number of amides is 4. The second-order valence-electron chi connectivity index (χ2n) is 7.32. The zero-order chi connectivity index (χ0) is 19.6. The van der Waals surface area contributed by atoms with Gasteiger partial charge in [0.25, 0.3) is 5.91 Å². The third kappa shape index (κ3) is 4.15. The van der Waals surface area contributed by atoms with Crippen molar-refractivity contribution >= 4 is 17.8 Å². The molecule has 1 aromatic rings. The number of likely N-dealkylation sites (tertiary alicyclic amines) is 1. The topological polar surface area (TPSA) is 88.2 Å².